The van der Waals surface area contributed by atoms with Crippen molar-refractivity contribution in [2.24, 2.45) is 0 Å². The standard InChI is InChI=1S/C12H14Cl2O2/c13-8-7-10(14)6-5-9-3-1-2-4-11(9)12(15)16/h1-4,10H,5-8H2,(H,15,16). The van der Waals surface area contributed by atoms with E-state index in [2.05, 4.69) is 0 Å². The van der Waals surface area contributed by atoms with Crippen molar-refractivity contribution in [2.45, 2.75) is 24.6 Å². The lowest BCUT2D eigenvalue weighted by Crippen LogP contribution is -2.06. The van der Waals surface area contributed by atoms with E-state index in [0.717, 1.165) is 18.4 Å². The molecule has 1 aromatic rings. The molecule has 2 nitrogen and oxygen atoms in total. The molecular formula is C12H14Cl2O2. The van der Waals surface area contributed by atoms with E-state index in [0.29, 0.717) is 17.9 Å². The second-order valence-corrected chi connectivity index (χ2v) is 4.57. The fourth-order valence-electron chi connectivity index (χ4n) is 1.52. The van der Waals surface area contributed by atoms with Crippen LogP contribution in [0.15, 0.2) is 24.3 Å². The summed E-state index contributed by atoms with van der Waals surface area (Å²) in [6, 6.07) is 7.01. The Balaban J connectivity index is 2.63. The Hall–Kier alpha value is -0.730. The summed E-state index contributed by atoms with van der Waals surface area (Å²) < 4.78 is 0. The van der Waals surface area contributed by atoms with Gasteiger partial charge >= 0.3 is 5.97 Å². The van der Waals surface area contributed by atoms with Crippen LogP contribution in [0.4, 0.5) is 0 Å². The molecule has 0 amide bonds. The van der Waals surface area contributed by atoms with Gasteiger partial charge in [0.2, 0.25) is 0 Å². The second kappa shape index (κ2) is 6.77. The van der Waals surface area contributed by atoms with Crippen LogP contribution in [0.3, 0.4) is 0 Å². The number of carboxylic acids is 1. The minimum atomic E-state index is -0.890. The van der Waals surface area contributed by atoms with Crippen LogP contribution in [-0.2, 0) is 6.42 Å². The predicted molar refractivity (Wildman–Crippen MR) is 66.7 cm³/mol. The molecule has 1 atom stereocenters. The molecule has 0 spiro atoms. The molecule has 0 aliphatic rings. The second-order valence-electron chi connectivity index (χ2n) is 3.58. The summed E-state index contributed by atoms with van der Waals surface area (Å²) >= 11 is 11.6. The average Bonchev–Trinajstić information content (AvgIpc) is 2.27. The summed E-state index contributed by atoms with van der Waals surface area (Å²) in [6.45, 7) is 0. The van der Waals surface area contributed by atoms with E-state index in [-0.39, 0.29) is 5.38 Å². The van der Waals surface area contributed by atoms with Gasteiger partial charge < -0.3 is 5.11 Å². The van der Waals surface area contributed by atoms with Gasteiger partial charge in [-0.05, 0) is 30.9 Å². The van der Waals surface area contributed by atoms with Crippen LogP contribution >= 0.6 is 23.2 Å². The third-order valence-electron chi connectivity index (χ3n) is 2.40. The number of alkyl halides is 2. The van der Waals surface area contributed by atoms with Crippen LogP contribution in [0.25, 0.3) is 0 Å². The molecule has 0 saturated heterocycles. The van der Waals surface area contributed by atoms with Crippen molar-refractivity contribution in [3.63, 3.8) is 0 Å². The quantitative estimate of drug-likeness (QED) is 0.795. The predicted octanol–water partition coefficient (Wildman–Crippen LogP) is 3.55. The zero-order valence-electron chi connectivity index (χ0n) is 8.83. The summed E-state index contributed by atoms with van der Waals surface area (Å²) in [5.41, 5.74) is 1.19. The molecule has 0 heterocycles. The van der Waals surface area contributed by atoms with Gasteiger partial charge in [0.05, 0.1) is 5.56 Å². The lowest BCUT2D eigenvalue weighted by molar-refractivity contribution is 0.0695. The third-order valence-corrected chi connectivity index (χ3v) is 3.05. The van der Waals surface area contributed by atoms with E-state index < -0.39 is 5.97 Å². The van der Waals surface area contributed by atoms with Crippen molar-refractivity contribution in [1.29, 1.82) is 0 Å². The minimum absolute atomic E-state index is 0.0133. The number of aromatic carboxylic acids is 1. The molecule has 4 heteroatoms. The van der Waals surface area contributed by atoms with Crippen molar-refractivity contribution >= 4 is 29.2 Å². The van der Waals surface area contributed by atoms with E-state index in [1.807, 2.05) is 12.1 Å². The van der Waals surface area contributed by atoms with Crippen molar-refractivity contribution in [3.8, 4) is 0 Å². The van der Waals surface area contributed by atoms with Crippen molar-refractivity contribution in [1.82, 2.24) is 0 Å². The SMILES string of the molecule is O=C(O)c1ccccc1CCC(Cl)CCCl. The zero-order valence-corrected chi connectivity index (χ0v) is 10.3. The number of rotatable bonds is 6. The van der Waals surface area contributed by atoms with Crippen LogP contribution in [0, 0.1) is 0 Å². The highest BCUT2D eigenvalue weighted by Crippen LogP contribution is 2.16. The van der Waals surface area contributed by atoms with Gasteiger partial charge in [-0.2, -0.15) is 0 Å². The molecule has 1 unspecified atom stereocenters. The Kier molecular flexibility index (Phi) is 5.64. The average molecular weight is 261 g/mol. The van der Waals surface area contributed by atoms with E-state index in [1.54, 1.807) is 12.1 Å². The maximum absolute atomic E-state index is 10.9. The summed E-state index contributed by atoms with van der Waals surface area (Å²) in [5.74, 6) is -0.353. The molecule has 0 aliphatic heterocycles. The van der Waals surface area contributed by atoms with Crippen LogP contribution in [-0.4, -0.2) is 22.3 Å². The fourth-order valence-corrected chi connectivity index (χ4v) is 2.12. The maximum Gasteiger partial charge on any atom is 0.335 e. The monoisotopic (exact) mass is 260 g/mol. The topological polar surface area (TPSA) is 37.3 Å². The van der Waals surface area contributed by atoms with E-state index in [9.17, 15) is 4.79 Å². The summed E-state index contributed by atoms with van der Waals surface area (Å²) in [5, 5.41) is 8.99. The lowest BCUT2D eigenvalue weighted by Gasteiger charge is -2.09. The van der Waals surface area contributed by atoms with Gasteiger partial charge in [-0.25, -0.2) is 4.79 Å². The van der Waals surface area contributed by atoms with Gasteiger partial charge in [0.25, 0.3) is 0 Å². The highest BCUT2D eigenvalue weighted by molar-refractivity contribution is 6.22. The van der Waals surface area contributed by atoms with E-state index in [4.69, 9.17) is 28.3 Å². The molecule has 0 saturated carbocycles. The number of carbonyl (C=O) groups is 1. The normalized spacial score (nSPS) is 12.4. The summed E-state index contributed by atoms with van der Waals surface area (Å²) in [6.07, 6.45) is 2.17. The zero-order chi connectivity index (χ0) is 12.0. The molecule has 16 heavy (non-hydrogen) atoms. The molecule has 1 rings (SSSR count). The van der Waals surface area contributed by atoms with Crippen molar-refractivity contribution < 1.29 is 9.90 Å². The van der Waals surface area contributed by atoms with Crippen molar-refractivity contribution in [2.75, 3.05) is 5.88 Å². The number of carboxylic acid groups (broad SMARTS) is 1. The van der Waals surface area contributed by atoms with Gasteiger partial charge in [-0.15, -0.1) is 23.2 Å². The largest absolute Gasteiger partial charge is 0.478 e. The Morgan fingerprint density at radius 3 is 2.62 bits per heavy atom. The summed E-state index contributed by atoms with van der Waals surface area (Å²) in [4.78, 5) is 10.9. The number of benzene rings is 1. The Bertz CT molecular complexity index is 353. The molecule has 88 valence electrons. The van der Waals surface area contributed by atoms with E-state index in [1.165, 1.54) is 0 Å². The minimum Gasteiger partial charge on any atom is -0.478 e. The number of hydrogen-bond acceptors (Lipinski definition) is 1. The lowest BCUT2D eigenvalue weighted by atomic mass is 10.0. The molecule has 0 radical (unpaired) electrons. The van der Waals surface area contributed by atoms with Gasteiger partial charge in [-0.3, -0.25) is 0 Å². The van der Waals surface area contributed by atoms with Crippen LogP contribution in [0.5, 0.6) is 0 Å². The fraction of sp³-hybridized carbons (Fsp3) is 0.417. The highest BCUT2D eigenvalue weighted by atomic mass is 35.5. The molecular weight excluding hydrogens is 247 g/mol. The Morgan fingerprint density at radius 2 is 2.00 bits per heavy atom. The first-order valence-electron chi connectivity index (χ1n) is 5.16. The molecule has 0 aromatic heterocycles. The first-order valence-corrected chi connectivity index (χ1v) is 6.13. The van der Waals surface area contributed by atoms with Crippen LogP contribution < -0.4 is 0 Å². The third kappa shape index (κ3) is 4.03. The maximum atomic E-state index is 10.9. The number of halogens is 2. The molecule has 1 aromatic carbocycles. The highest BCUT2D eigenvalue weighted by Gasteiger charge is 2.10. The van der Waals surface area contributed by atoms with Gasteiger partial charge in [0.15, 0.2) is 0 Å². The number of aryl methyl sites for hydroxylation is 1. The van der Waals surface area contributed by atoms with Crippen LogP contribution in [0.2, 0.25) is 0 Å². The van der Waals surface area contributed by atoms with Crippen LogP contribution in [0.1, 0.15) is 28.8 Å². The smallest absolute Gasteiger partial charge is 0.335 e. The Morgan fingerprint density at radius 1 is 1.31 bits per heavy atom. The first kappa shape index (κ1) is 13.3. The molecule has 1 N–H and O–H groups in total. The Labute approximate surface area is 105 Å². The van der Waals surface area contributed by atoms with Gasteiger partial charge in [0, 0.05) is 11.3 Å². The number of hydrogen-bond donors (Lipinski definition) is 1. The first-order chi connectivity index (χ1) is 7.65. The van der Waals surface area contributed by atoms with E-state index >= 15 is 0 Å². The molecule has 0 aliphatic carbocycles. The van der Waals surface area contributed by atoms with Gasteiger partial charge in [-0.1, -0.05) is 18.2 Å². The van der Waals surface area contributed by atoms with Gasteiger partial charge in [0.1, 0.15) is 0 Å². The summed E-state index contributed by atoms with van der Waals surface area (Å²) in [7, 11) is 0. The van der Waals surface area contributed by atoms with Crippen molar-refractivity contribution in [3.05, 3.63) is 35.4 Å². The molecule has 0 bridgehead atoms. The molecule has 0 fully saturated rings.